The average Bonchev–Trinajstić information content (AvgIpc) is 2.64. The Morgan fingerprint density at radius 3 is 2.04 bits per heavy atom. The predicted octanol–water partition coefficient (Wildman–Crippen LogP) is 6.53. The van der Waals surface area contributed by atoms with Crippen molar-refractivity contribution >= 4 is 8.80 Å². The number of allylic oxidation sites excluding steroid dienone is 1. The van der Waals surface area contributed by atoms with E-state index in [-0.39, 0.29) is 0 Å². The van der Waals surface area contributed by atoms with Crippen molar-refractivity contribution in [2.24, 2.45) is 0 Å². The summed E-state index contributed by atoms with van der Waals surface area (Å²) in [6.45, 7) is 4.41. The topological polar surface area (TPSA) is 0 Å². The van der Waals surface area contributed by atoms with E-state index in [4.69, 9.17) is 0 Å². The van der Waals surface area contributed by atoms with Gasteiger partial charge in [-0.1, -0.05) is 80.0 Å². The second-order valence-electron chi connectivity index (χ2n) is 7.21. The molecule has 1 saturated heterocycles. The van der Waals surface area contributed by atoms with E-state index in [1.54, 1.807) is 5.56 Å². The fraction of sp³-hybridized carbons (Fsp3) is 0.391. The summed E-state index contributed by atoms with van der Waals surface area (Å²) in [5.74, 6) is 0.792. The second-order valence-corrected chi connectivity index (χ2v) is 10.3. The Hall–Kier alpha value is -1.60. The van der Waals surface area contributed by atoms with Crippen LogP contribution in [-0.2, 0) is 6.42 Å². The third-order valence-electron chi connectivity index (χ3n) is 5.44. The number of aryl methyl sites for hydroxylation is 1. The molecule has 0 unspecified atom stereocenters. The van der Waals surface area contributed by atoms with Gasteiger partial charge in [0.2, 0.25) is 0 Å². The number of rotatable bonds is 5. The Bertz CT molecular complexity index is 643. The molecule has 0 amide bonds. The van der Waals surface area contributed by atoms with Crippen molar-refractivity contribution in [2.75, 3.05) is 0 Å². The van der Waals surface area contributed by atoms with Crippen LogP contribution in [0, 0.1) is 0 Å². The van der Waals surface area contributed by atoms with Gasteiger partial charge in [0.1, 0.15) is 0 Å². The summed E-state index contributed by atoms with van der Waals surface area (Å²) in [6, 6.07) is 21.4. The van der Waals surface area contributed by atoms with Crippen molar-refractivity contribution in [3.63, 3.8) is 0 Å². The lowest BCUT2D eigenvalue weighted by atomic mass is 9.91. The first kappa shape index (κ1) is 17.2. The maximum atomic E-state index is 2.53. The van der Waals surface area contributed by atoms with Crippen LogP contribution >= 0.6 is 0 Å². The van der Waals surface area contributed by atoms with Crippen LogP contribution in [0.2, 0.25) is 12.1 Å². The lowest BCUT2D eigenvalue weighted by molar-refractivity contribution is 0.611. The monoisotopic (exact) mass is 334 g/mol. The summed E-state index contributed by atoms with van der Waals surface area (Å²) in [4.78, 5) is 0. The number of hydrogen-bond acceptors (Lipinski definition) is 0. The molecule has 0 nitrogen and oxygen atoms in total. The molecule has 0 saturated carbocycles. The van der Waals surface area contributed by atoms with Crippen LogP contribution in [0.25, 0.3) is 11.1 Å². The first-order chi connectivity index (χ1) is 11.8. The average molecular weight is 335 g/mol. The van der Waals surface area contributed by atoms with Gasteiger partial charge < -0.3 is 0 Å². The molecule has 0 spiro atoms. The van der Waals surface area contributed by atoms with E-state index in [2.05, 4.69) is 74.2 Å². The van der Waals surface area contributed by atoms with Crippen molar-refractivity contribution in [1.29, 1.82) is 0 Å². The molecule has 1 heteroatoms. The molecule has 2 aromatic carbocycles. The molecule has 3 rings (SSSR count). The number of benzene rings is 2. The maximum absolute atomic E-state index is 2.53. The van der Waals surface area contributed by atoms with Gasteiger partial charge in [0, 0.05) is 0 Å². The van der Waals surface area contributed by atoms with Gasteiger partial charge in [-0.2, -0.15) is 0 Å². The zero-order valence-electron chi connectivity index (χ0n) is 15.2. The minimum absolute atomic E-state index is 0.539. The minimum atomic E-state index is -0.539. The normalized spacial score (nSPS) is 21.2. The lowest BCUT2D eigenvalue weighted by Gasteiger charge is -2.26. The van der Waals surface area contributed by atoms with Crippen LogP contribution in [0.3, 0.4) is 0 Å². The smallest absolute Gasteiger partial charge is 0.0611 e. The van der Waals surface area contributed by atoms with Crippen molar-refractivity contribution in [1.82, 2.24) is 0 Å². The van der Waals surface area contributed by atoms with Gasteiger partial charge in [-0.15, -0.1) is 5.70 Å². The van der Waals surface area contributed by atoms with E-state index in [1.165, 1.54) is 54.5 Å². The van der Waals surface area contributed by atoms with E-state index in [1.807, 2.05) is 0 Å². The standard InChI is InChI=1S/C23H30Si/c1-3-5-19-6-8-20(9-7-19)21-10-12-22(13-11-21)23-14-17-24(16-4-2)18-15-23/h4,6-13,16,23-24H,3,5,14-15,17-18H2,1-2H3/b16-4+. The van der Waals surface area contributed by atoms with E-state index in [0.717, 1.165) is 5.92 Å². The van der Waals surface area contributed by atoms with Gasteiger partial charge in [0.15, 0.2) is 0 Å². The molecule has 1 fully saturated rings. The molecule has 1 aliphatic heterocycles. The van der Waals surface area contributed by atoms with Gasteiger partial charge in [-0.05, 0) is 54.4 Å². The zero-order chi connectivity index (χ0) is 16.8. The van der Waals surface area contributed by atoms with E-state index < -0.39 is 8.80 Å². The second kappa shape index (κ2) is 8.48. The Labute approximate surface area is 149 Å². The van der Waals surface area contributed by atoms with Crippen molar-refractivity contribution in [3.05, 3.63) is 71.4 Å². The number of hydrogen-bond donors (Lipinski definition) is 0. The third-order valence-corrected chi connectivity index (χ3v) is 8.52. The highest BCUT2D eigenvalue weighted by Gasteiger charge is 2.21. The Morgan fingerprint density at radius 2 is 1.50 bits per heavy atom. The quantitative estimate of drug-likeness (QED) is 0.546. The minimum Gasteiger partial charge on any atom is -0.102 e. The fourth-order valence-electron chi connectivity index (χ4n) is 4.02. The molecule has 0 atom stereocenters. The summed E-state index contributed by atoms with van der Waals surface area (Å²) in [6.07, 6.45) is 7.46. The molecule has 0 aliphatic carbocycles. The molecule has 0 aromatic heterocycles. The van der Waals surface area contributed by atoms with Gasteiger partial charge in [-0.3, -0.25) is 0 Å². The van der Waals surface area contributed by atoms with Gasteiger partial charge in [-0.25, -0.2) is 0 Å². The Balaban J connectivity index is 1.65. The first-order valence-electron chi connectivity index (χ1n) is 9.62. The van der Waals surface area contributed by atoms with Crippen molar-refractivity contribution in [2.45, 2.75) is 57.5 Å². The van der Waals surface area contributed by atoms with Crippen LogP contribution in [0.1, 0.15) is 50.2 Å². The molecule has 2 aromatic rings. The van der Waals surface area contributed by atoms with Crippen molar-refractivity contribution < 1.29 is 0 Å². The summed E-state index contributed by atoms with van der Waals surface area (Å²) < 4.78 is 0. The molecular weight excluding hydrogens is 304 g/mol. The maximum Gasteiger partial charge on any atom is 0.0611 e. The Morgan fingerprint density at radius 1 is 0.917 bits per heavy atom. The van der Waals surface area contributed by atoms with Gasteiger partial charge in [0.05, 0.1) is 8.80 Å². The first-order valence-corrected chi connectivity index (χ1v) is 11.9. The van der Waals surface area contributed by atoms with E-state index >= 15 is 0 Å². The molecule has 24 heavy (non-hydrogen) atoms. The SMILES string of the molecule is C/C=C/[SiH]1CCC(c2ccc(-c3ccc(CCC)cc3)cc2)CC1. The summed E-state index contributed by atoms with van der Waals surface area (Å²) >= 11 is 0. The highest BCUT2D eigenvalue weighted by atomic mass is 28.3. The van der Waals surface area contributed by atoms with E-state index in [0.29, 0.717) is 0 Å². The predicted molar refractivity (Wildman–Crippen MR) is 109 cm³/mol. The fourth-order valence-corrected chi connectivity index (χ4v) is 6.90. The van der Waals surface area contributed by atoms with Gasteiger partial charge in [0.25, 0.3) is 0 Å². The highest BCUT2D eigenvalue weighted by Crippen LogP contribution is 2.34. The molecule has 1 aliphatic rings. The van der Waals surface area contributed by atoms with Gasteiger partial charge >= 0.3 is 0 Å². The third kappa shape index (κ3) is 4.27. The summed E-state index contributed by atoms with van der Waals surface area (Å²) in [5, 5.41) is 0. The van der Waals surface area contributed by atoms with Crippen LogP contribution in [-0.4, -0.2) is 8.80 Å². The molecule has 0 N–H and O–H groups in total. The van der Waals surface area contributed by atoms with Crippen molar-refractivity contribution in [3.8, 4) is 11.1 Å². The molecule has 0 radical (unpaired) electrons. The zero-order valence-corrected chi connectivity index (χ0v) is 16.3. The van der Waals surface area contributed by atoms with Crippen LogP contribution in [0.15, 0.2) is 60.3 Å². The summed E-state index contributed by atoms with van der Waals surface area (Å²) in [7, 11) is -0.539. The Kier molecular flexibility index (Phi) is 6.09. The molecular formula is C23H30Si. The van der Waals surface area contributed by atoms with Crippen LogP contribution in [0.5, 0.6) is 0 Å². The highest BCUT2D eigenvalue weighted by molar-refractivity contribution is 6.64. The molecule has 126 valence electrons. The molecule has 1 heterocycles. The molecule has 0 bridgehead atoms. The van der Waals surface area contributed by atoms with Crippen LogP contribution < -0.4 is 0 Å². The van der Waals surface area contributed by atoms with E-state index in [9.17, 15) is 0 Å². The van der Waals surface area contributed by atoms with Crippen LogP contribution in [0.4, 0.5) is 0 Å². The largest absolute Gasteiger partial charge is 0.102 e. The lowest BCUT2D eigenvalue weighted by Crippen LogP contribution is -2.18. The summed E-state index contributed by atoms with van der Waals surface area (Å²) in [5.41, 5.74) is 8.21.